The Bertz CT molecular complexity index is 1590. The average molecular weight is 564 g/mol. The van der Waals surface area contributed by atoms with Crippen molar-refractivity contribution in [2.75, 3.05) is 17.2 Å². The number of rotatable bonds is 10. The van der Waals surface area contributed by atoms with E-state index >= 15 is 0 Å². The van der Waals surface area contributed by atoms with E-state index in [1.807, 2.05) is 25.4 Å². The minimum absolute atomic E-state index is 0.249. The fraction of sp³-hybridized carbons (Fsp3) is 0.444. The monoisotopic (exact) mass is 563 g/mol. The molecule has 0 aliphatic heterocycles. The lowest BCUT2D eigenvalue weighted by atomic mass is 9.84. The maximum absolute atomic E-state index is 12.5. The summed E-state index contributed by atoms with van der Waals surface area (Å²) >= 11 is 0. The first kappa shape index (κ1) is 26.4. The number of hydrogen-bond donors (Lipinski definition) is 3. The summed E-state index contributed by atoms with van der Waals surface area (Å²) in [5.74, 6) is 2.08. The predicted octanol–water partition coefficient (Wildman–Crippen LogP) is 3.57. The highest BCUT2D eigenvalue weighted by Gasteiger charge is 2.37. The Morgan fingerprint density at radius 3 is 2.60 bits per heavy atom. The highest BCUT2D eigenvalue weighted by Crippen LogP contribution is 2.34. The molecule has 2 aliphatic rings. The van der Waals surface area contributed by atoms with Crippen LogP contribution in [0.25, 0.3) is 22.6 Å². The molecule has 6 rings (SSSR count). The molecule has 13 heteroatoms. The van der Waals surface area contributed by atoms with E-state index in [2.05, 4.69) is 35.8 Å². The van der Waals surface area contributed by atoms with Crippen LogP contribution in [-0.4, -0.2) is 65.3 Å². The summed E-state index contributed by atoms with van der Waals surface area (Å²) in [5.41, 5.74) is 3.20. The molecule has 0 spiro atoms. The second-order valence-electron chi connectivity index (χ2n) is 10.6. The molecule has 4 aromatic heterocycles. The van der Waals surface area contributed by atoms with Crippen molar-refractivity contribution in [3.63, 3.8) is 0 Å². The van der Waals surface area contributed by atoms with Gasteiger partial charge in [0.25, 0.3) is 10.0 Å². The van der Waals surface area contributed by atoms with Gasteiger partial charge in [-0.2, -0.15) is 14.3 Å². The maximum atomic E-state index is 12.5. The topological polar surface area (TPSA) is 153 Å². The zero-order chi connectivity index (χ0) is 27.7. The third-order valence-corrected chi connectivity index (χ3v) is 9.61. The van der Waals surface area contributed by atoms with Gasteiger partial charge in [-0.15, -0.1) is 0 Å². The van der Waals surface area contributed by atoms with Crippen LogP contribution in [0.2, 0.25) is 0 Å². The SMILES string of the molecule is Cn1ccc(-c2cnc(Nc3ccnc(-c4cnn(S(=O)(=O)C5CC5)c4)n3)cc2NC2CCC(CCO)CC2)n1. The van der Waals surface area contributed by atoms with Gasteiger partial charge in [0, 0.05) is 55.6 Å². The van der Waals surface area contributed by atoms with Gasteiger partial charge in [-0.3, -0.25) is 4.68 Å². The molecule has 3 N–H and O–H groups in total. The van der Waals surface area contributed by atoms with Crippen LogP contribution in [0.3, 0.4) is 0 Å². The summed E-state index contributed by atoms with van der Waals surface area (Å²) in [5, 5.41) is 24.6. The molecule has 0 amide bonds. The molecule has 4 aromatic rings. The summed E-state index contributed by atoms with van der Waals surface area (Å²) in [6.45, 7) is 0.249. The third kappa shape index (κ3) is 5.70. The highest BCUT2D eigenvalue weighted by molar-refractivity contribution is 7.90. The molecule has 2 fully saturated rings. The molecule has 4 heterocycles. The number of nitrogens with zero attached hydrogens (tertiary/aromatic N) is 7. The van der Waals surface area contributed by atoms with Crippen LogP contribution in [0, 0.1) is 5.92 Å². The van der Waals surface area contributed by atoms with E-state index in [0.29, 0.717) is 47.8 Å². The average Bonchev–Trinajstić information content (AvgIpc) is 3.54. The summed E-state index contributed by atoms with van der Waals surface area (Å²) < 4.78 is 27.8. The van der Waals surface area contributed by atoms with Crippen LogP contribution in [0.1, 0.15) is 44.9 Å². The Hall–Kier alpha value is -3.84. The van der Waals surface area contributed by atoms with Crippen LogP contribution >= 0.6 is 0 Å². The van der Waals surface area contributed by atoms with Gasteiger partial charge in [-0.25, -0.2) is 23.4 Å². The molecular formula is C27H33N9O3S. The van der Waals surface area contributed by atoms with Gasteiger partial charge in [-0.1, -0.05) is 0 Å². The van der Waals surface area contributed by atoms with Crippen LogP contribution in [0.4, 0.5) is 17.3 Å². The highest BCUT2D eigenvalue weighted by atomic mass is 32.2. The number of nitrogens with one attached hydrogen (secondary N) is 2. The van der Waals surface area contributed by atoms with Crippen molar-refractivity contribution in [1.82, 2.24) is 33.9 Å². The predicted molar refractivity (Wildman–Crippen MR) is 151 cm³/mol. The molecule has 210 valence electrons. The molecule has 40 heavy (non-hydrogen) atoms. The summed E-state index contributed by atoms with van der Waals surface area (Å²) in [6.07, 6.45) is 14.7. The molecule has 0 atom stereocenters. The summed E-state index contributed by atoms with van der Waals surface area (Å²) in [7, 11) is -1.57. The number of aliphatic hydroxyl groups is 1. The zero-order valence-corrected chi connectivity index (χ0v) is 23.1. The van der Waals surface area contributed by atoms with Crippen molar-refractivity contribution in [3.8, 4) is 22.6 Å². The fourth-order valence-corrected chi connectivity index (χ4v) is 6.66. The number of hydrogen-bond acceptors (Lipinski definition) is 10. The largest absolute Gasteiger partial charge is 0.396 e. The van der Waals surface area contributed by atoms with E-state index in [-0.39, 0.29) is 11.9 Å². The Morgan fingerprint density at radius 1 is 1.05 bits per heavy atom. The second-order valence-corrected chi connectivity index (χ2v) is 12.7. The van der Waals surface area contributed by atoms with Gasteiger partial charge in [-0.05, 0) is 63.0 Å². The minimum Gasteiger partial charge on any atom is -0.396 e. The zero-order valence-electron chi connectivity index (χ0n) is 22.3. The van der Waals surface area contributed by atoms with Crippen LogP contribution in [-0.2, 0) is 17.1 Å². The van der Waals surface area contributed by atoms with Crippen molar-refractivity contribution in [2.45, 2.75) is 56.2 Å². The van der Waals surface area contributed by atoms with Crippen molar-refractivity contribution in [2.24, 2.45) is 13.0 Å². The molecular weight excluding hydrogens is 530 g/mol. The fourth-order valence-electron chi connectivity index (χ4n) is 5.18. The lowest BCUT2D eigenvalue weighted by molar-refractivity contribution is 0.225. The standard InChI is InChI=1S/C27H33N9O3S/c1-35-12-9-23(34-35)22-16-29-26(14-24(22)31-20-4-2-18(3-5-20)10-13-37)32-25-8-11-28-27(33-25)19-15-30-36(17-19)40(38,39)21-6-7-21/h8-9,11-12,14-18,20-21,37H,2-7,10,13H2,1H3,(H2,28,29,31,32,33). The van der Waals surface area contributed by atoms with Gasteiger partial charge in [0.1, 0.15) is 11.6 Å². The third-order valence-electron chi connectivity index (χ3n) is 7.57. The maximum Gasteiger partial charge on any atom is 0.256 e. The van der Waals surface area contributed by atoms with Crippen LogP contribution in [0.5, 0.6) is 0 Å². The number of aliphatic hydroxyl groups excluding tert-OH is 1. The Balaban J connectivity index is 1.23. The summed E-state index contributed by atoms with van der Waals surface area (Å²) in [4.78, 5) is 13.5. The molecule has 0 saturated heterocycles. The minimum atomic E-state index is -3.46. The lowest BCUT2D eigenvalue weighted by Crippen LogP contribution is -2.26. The van der Waals surface area contributed by atoms with Gasteiger partial charge in [0.15, 0.2) is 5.82 Å². The van der Waals surface area contributed by atoms with Gasteiger partial charge in [0.05, 0.1) is 28.9 Å². The van der Waals surface area contributed by atoms with E-state index < -0.39 is 10.0 Å². The quantitative estimate of drug-likeness (QED) is 0.261. The van der Waals surface area contributed by atoms with Gasteiger partial charge in [0.2, 0.25) is 0 Å². The summed E-state index contributed by atoms with van der Waals surface area (Å²) in [6, 6.07) is 5.99. The van der Waals surface area contributed by atoms with Gasteiger partial charge < -0.3 is 15.7 Å². The normalized spacial score (nSPS) is 19.4. The Morgan fingerprint density at radius 2 is 1.88 bits per heavy atom. The number of aryl methyl sites for hydroxylation is 1. The molecule has 0 bridgehead atoms. The van der Waals surface area contributed by atoms with E-state index in [9.17, 15) is 13.5 Å². The molecule has 2 saturated carbocycles. The van der Waals surface area contributed by atoms with Crippen molar-refractivity contribution in [1.29, 1.82) is 0 Å². The molecule has 2 aliphatic carbocycles. The van der Waals surface area contributed by atoms with E-state index in [1.165, 1.54) is 12.4 Å². The van der Waals surface area contributed by atoms with Crippen LogP contribution in [0.15, 0.2) is 49.2 Å². The van der Waals surface area contributed by atoms with E-state index in [0.717, 1.165) is 53.1 Å². The first-order chi connectivity index (χ1) is 19.4. The van der Waals surface area contributed by atoms with E-state index in [1.54, 1.807) is 23.1 Å². The number of aromatic nitrogens is 7. The smallest absolute Gasteiger partial charge is 0.256 e. The molecule has 0 radical (unpaired) electrons. The molecule has 0 aromatic carbocycles. The second kappa shape index (κ2) is 11.0. The molecule has 12 nitrogen and oxygen atoms in total. The van der Waals surface area contributed by atoms with Crippen molar-refractivity contribution < 1.29 is 13.5 Å². The van der Waals surface area contributed by atoms with Crippen molar-refractivity contribution >= 4 is 27.3 Å². The molecule has 0 unspecified atom stereocenters. The Kier molecular flexibility index (Phi) is 7.24. The Labute approximate surface area is 232 Å². The first-order valence-corrected chi connectivity index (χ1v) is 15.2. The first-order valence-electron chi connectivity index (χ1n) is 13.7. The van der Waals surface area contributed by atoms with Crippen molar-refractivity contribution in [3.05, 3.63) is 49.2 Å². The number of anilines is 3. The van der Waals surface area contributed by atoms with Crippen LogP contribution < -0.4 is 10.6 Å². The lowest BCUT2D eigenvalue weighted by Gasteiger charge is -2.30. The van der Waals surface area contributed by atoms with Gasteiger partial charge >= 0.3 is 0 Å². The number of pyridine rings is 1. The van der Waals surface area contributed by atoms with E-state index in [4.69, 9.17) is 0 Å².